The highest BCUT2D eigenvalue weighted by Crippen LogP contribution is 2.34. The Morgan fingerprint density at radius 2 is 2.04 bits per heavy atom. The van der Waals surface area contributed by atoms with E-state index in [9.17, 15) is 0 Å². The number of benzene rings is 1. The second-order valence-electron chi connectivity index (χ2n) is 5.70. The molecule has 6 heteroatoms. The van der Waals surface area contributed by atoms with Crippen LogP contribution in [0.2, 0.25) is 10.0 Å². The summed E-state index contributed by atoms with van der Waals surface area (Å²) in [5, 5.41) is 1.21. The molecule has 0 aliphatic carbocycles. The van der Waals surface area contributed by atoms with Crippen molar-refractivity contribution in [1.82, 2.24) is 9.38 Å². The largest absolute Gasteiger partial charge is 0.489 e. The van der Waals surface area contributed by atoms with Crippen LogP contribution in [0.25, 0.3) is 16.8 Å². The molecular weight excluding hydrogens is 399 g/mol. The Bertz CT molecular complexity index is 861. The van der Waals surface area contributed by atoms with Crippen LogP contribution >= 0.6 is 39.1 Å². The normalized spacial score (nSPS) is 11.4. The second-order valence-corrected chi connectivity index (χ2v) is 7.35. The van der Waals surface area contributed by atoms with E-state index in [0.29, 0.717) is 22.6 Å². The number of fused-ring (bicyclic) bond motifs is 1. The van der Waals surface area contributed by atoms with Crippen molar-refractivity contribution in [2.45, 2.75) is 13.8 Å². The van der Waals surface area contributed by atoms with Crippen LogP contribution in [0.3, 0.4) is 0 Å². The number of halogens is 3. The van der Waals surface area contributed by atoms with Crippen LogP contribution in [-0.2, 0) is 0 Å². The Morgan fingerprint density at radius 1 is 1.26 bits per heavy atom. The van der Waals surface area contributed by atoms with E-state index in [1.165, 1.54) is 0 Å². The first-order valence-electron chi connectivity index (χ1n) is 7.20. The molecule has 3 rings (SSSR count). The first-order chi connectivity index (χ1) is 11.0. The van der Waals surface area contributed by atoms with Gasteiger partial charge in [-0.25, -0.2) is 4.98 Å². The van der Waals surface area contributed by atoms with Crippen LogP contribution in [0, 0.1) is 5.92 Å². The van der Waals surface area contributed by atoms with Crippen LogP contribution in [0.15, 0.2) is 41.3 Å². The van der Waals surface area contributed by atoms with Crippen molar-refractivity contribution < 1.29 is 4.74 Å². The molecule has 0 spiro atoms. The van der Waals surface area contributed by atoms with Crippen LogP contribution in [0.4, 0.5) is 0 Å². The minimum atomic E-state index is 0.427. The average molecular weight is 414 g/mol. The molecular formula is C17H15BrCl2N2O. The summed E-state index contributed by atoms with van der Waals surface area (Å²) in [6.07, 6.45) is 3.73. The molecule has 0 N–H and O–H groups in total. The van der Waals surface area contributed by atoms with Gasteiger partial charge in [-0.1, -0.05) is 43.1 Å². The van der Waals surface area contributed by atoms with Gasteiger partial charge in [-0.05, 0) is 40.0 Å². The molecule has 0 saturated carbocycles. The van der Waals surface area contributed by atoms with Crippen LogP contribution in [0.5, 0.6) is 5.75 Å². The lowest BCUT2D eigenvalue weighted by Crippen LogP contribution is -2.06. The number of aromatic nitrogens is 2. The number of hydrogen-bond acceptors (Lipinski definition) is 2. The Balaban J connectivity index is 2.15. The molecule has 1 aromatic carbocycles. The third-order valence-electron chi connectivity index (χ3n) is 3.34. The van der Waals surface area contributed by atoms with E-state index in [0.717, 1.165) is 27.1 Å². The molecule has 3 aromatic rings. The molecule has 3 nitrogen and oxygen atoms in total. The molecule has 0 aliphatic rings. The van der Waals surface area contributed by atoms with Gasteiger partial charge in [0.25, 0.3) is 0 Å². The first kappa shape index (κ1) is 16.6. The Hall–Kier alpha value is -1.23. The van der Waals surface area contributed by atoms with Crippen LogP contribution < -0.4 is 4.74 Å². The van der Waals surface area contributed by atoms with Crippen molar-refractivity contribution in [2.24, 2.45) is 5.92 Å². The van der Waals surface area contributed by atoms with Crippen molar-refractivity contribution in [3.8, 4) is 16.9 Å². The summed E-state index contributed by atoms with van der Waals surface area (Å²) in [4.78, 5) is 4.40. The lowest BCUT2D eigenvalue weighted by atomic mass is 10.1. The van der Waals surface area contributed by atoms with Crippen molar-refractivity contribution in [1.29, 1.82) is 0 Å². The molecule has 2 aromatic heterocycles. The molecule has 0 amide bonds. The number of pyridine rings is 1. The number of imidazole rings is 1. The molecule has 0 aliphatic heterocycles. The quantitative estimate of drug-likeness (QED) is 0.516. The van der Waals surface area contributed by atoms with E-state index in [1.807, 2.05) is 28.8 Å². The molecule has 0 fully saturated rings. The summed E-state index contributed by atoms with van der Waals surface area (Å²) in [5.41, 5.74) is 2.61. The third kappa shape index (κ3) is 3.49. The Morgan fingerprint density at radius 3 is 2.74 bits per heavy atom. The summed E-state index contributed by atoms with van der Waals surface area (Å²) in [6, 6.07) is 7.43. The van der Waals surface area contributed by atoms with Crippen molar-refractivity contribution in [2.75, 3.05) is 6.61 Å². The van der Waals surface area contributed by atoms with Gasteiger partial charge in [-0.2, -0.15) is 0 Å². The molecule has 0 atom stereocenters. The fraction of sp³-hybridized carbons (Fsp3) is 0.235. The topological polar surface area (TPSA) is 26.5 Å². The third-order valence-corrected chi connectivity index (χ3v) is 4.48. The number of nitrogens with zero attached hydrogens (tertiary/aromatic N) is 2. The highest BCUT2D eigenvalue weighted by Gasteiger charge is 2.13. The van der Waals surface area contributed by atoms with Gasteiger partial charge in [0.15, 0.2) is 11.4 Å². The minimum absolute atomic E-state index is 0.427. The molecule has 120 valence electrons. The van der Waals surface area contributed by atoms with Gasteiger partial charge in [0.1, 0.15) is 4.60 Å². The molecule has 0 bridgehead atoms. The highest BCUT2D eigenvalue weighted by atomic mass is 79.9. The number of rotatable bonds is 4. The number of hydrogen-bond donors (Lipinski definition) is 0. The summed E-state index contributed by atoms with van der Waals surface area (Å²) in [7, 11) is 0. The van der Waals surface area contributed by atoms with Crippen molar-refractivity contribution in [3.63, 3.8) is 0 Å². The number of ether oxygens (including phenoxy) is 1. The molecule has 23 heavy (non-hydrogen) atoms. The summed E-state index contributed by atoms with van der Waals surface area (Å²) in [5.74, 6) is 1.16. The van der Waals surface area contributed by atoms with Gasteiger partial charge in [-0.15, -0.1) is 0 Å². The second kappa shape index (κ2) is 6.71. The fourth-order valence-electron chi connectivity index (χ4n) is 2.26. The van der Waals surface area contributed by atoms with E-state index in [2.05, 4.69) is 34.8 Å². The van der Waals surface area contributed by atoms with E-state index in [-0.39, 0.29) is 0 Å². The Labute approximate surface area is 153 Å². The van der Waals surface area contributed by atoms with E-state index in [4.69, 9.17) is 27.9 Å². The summed E-state index contributed by atoms with van der Waals surface area (Å²) < 4.78 is 8.74. The zero-order chi connectivity index (χ0) is 16.6. The molecule has 0 saturated heterocycles. The molecule has 2 heterocycles. The first-order valence-corrected chi connectivity index (χ1v) is 8.75. The van der Waals surface area contributed by atoms with Gasteiger partial charge in [0, 0.05) is 27.4 Å². The zero-order valence-corrected chi connectivity index (χ0v) is 15.8. The zero-order valence-electron chi connectivity index (χ0n) is 12.7. The van der Waals surface area contributed by atoms with Crippen molar-refractivity contribution >= 4 is 44.8 Å². The lowest BCUT2D eigenvalue weighted by molar-refractivity contribution is 0.273. The molecule has 0 radical (unpaired) electrons. The Kier molecular flexibility index (Phi) is 4.85. The van der Waals surface area contributed by atoms with E-state index >= 15 is 0 Å². The van der Waals surface area contributed by atoms with E-state index in [1.54, 1.807) is 12.3 Å². The minimum Gasteiger partial charge on any atom is -0.489 e. The maximum absolute atomic E-state index is 6.35. The SMILES string of the molecule is CC(C)COc1cc(-c2ccc(Cl)cc2Cl)cn2c(Br)cnc12. The molecule has 0 unspecified atom stereocenters. The van der Waals surface area contributed by atoms with Crippen LogP contribution in [0.1, 0.15) is 13.8 Å². The summed E-state index contributed by atoms with van der Waals surface area (Å²) in [6.45, 7) is 4.84. The standard InChI is InChI=1S/C17H15BrCl2N2O/c1-10(2)9-23-15-5-11(8-22-16(18)7-21-17(15)22)13-4-3-12(19)6-14(13)20/h3-8,10H,9H2,1-2H3. The van der Waals surface area contributed by atoms with Gasteiger partial charge in [-0.3, -0.25) is 4.40 Å². The van der Waals surface area contributed by atoms with Gasteiger partial charge < -0.3 is 4.74 Å². The van der Waals surface area contributed by atoms with Gasteiger partial charge in [0.2, 0.25) is 0 Å². The van der Waals surface area contributed by atoms with Crippen molar-refractivity contribution in [3.05, 3.63) is 51.3 Å². The van der Waals surface area contributed by atoms with Gasteiger partial charge in [0.05, 0.1) is 12.8 Å². The average Bonchev–Trinajstić information content (AvgIpc) is 2.86. The van der Waals surface area contributed by atoms with Crippen LogP contribution in [-0.4, -0.2) is 16.0 Å². The highest BCUT2D eigenvalue weighted by molar-refractivity contribution is 9.10. The predicted octanol–water partition coefficient (Wildman–Crippen LogP) is 6.11. The van der Waals surface area contributed by atoms with E-state index < -0.39 is 0 Å². The smallest absolute Gasteiger partial charge is 0.180 e. The lowest BCUT2D eigenvalue weighted by Gasteiger charge is -2.13. The monoisotopic (exact) mass is 412 g/mol. The fourth-order valence-corrected chi connectivity index (χ4v) is 3.15. The maximum Gasteiger partial charge on any atom is 0.180 e. The predicted molar refractivity (Wildman–Crippen MR) is 98.7 cm³/mol. The summed E-state index contributed by atoms with van der Waals surface area (Å²) >= 11 is 15.8. The maximum atomic E-state index is 6.35. The van der Waals surface area contributed by atoms with Gasteiger partial charge >= 0.3 is 0 Å².